The van der Waals surface area contributed by atoms with Crippen LogP contribution >= 0.6 is 0 Å². The minimum atomic E-state index is -1.97. The van der Waals surface area contributed by atoms with E-state index in [0.29, 0.717) is 0 Å². The zero-order valence-electron chi connectivity index (χ0n) is 21.2. The van der Waals surface area contributed by atoms with Crippen molar-refractivity contribution >= 4 is 24.7 Å². The van der Waals surface area contributed by atoms with Crippen molar-refractivity contribution in [1.29, 1.82) is 0 Å². The Morgan fingerprint density at radius 3 is 1.61 bits per heavy atom. The zero-order chi connectivity index (χ0) is 22.6. The minimum Gasteiger partial charge on any atom is -0.410 e. The predicted octanol–water partition coefficient (Wildman–Crippen LogP) is 7.61. The molecule has 0 aromatic carbocycles. The van der Waals surface area contributed by atoms with E-state index in [1.54, 1.807) is 0 Å². The van der Waals surface area contributed by atoms with Crippen LogP contribution in [0.25, 0.3) is 0 Å². The van der Waals surface area contributed by atoms with Crippen molar-refractivity contribution in [2.75, 3.05) is 0 Å². The first kappa shape index (κ1) is 27.9. The van der Waals surface area contributed by atoms with E-state index in [1.165, 1.54) is 0 Å². The molecule has 0 amide bonds. The van der Waals surface area contributed by atoms with Crippen LogP contribution in [0.15, 0.2) is 12.7 Å². The normalized spacial score (nSPS) is 16.2. The second-order valence-corrected chi connectivity index (χ2v) is 26.4. The third-order valence-electron chi connectivity index (χ3n) is 6.06. The van der Waals surface area contributed by atoms with Gasteiger partial charge in [-0.25, -0.2) is 0 Å². The molecule has 0 aromatic heterocycles. The maximum Gasteiger partial charge on any atom is 0.193 e. The molecule has 0 heterocycles. The Morgan fingerprint density at radius 2 is 1.25 bits per heavy atom. The Kier molecular flexibility index (Phi) is 9.74. The third kappa shape index (κ3) is 9.13. The van der Waals surface area contributed by atoms with E-state index in [2.05, 4.69) is 105 Å². The summed E-state index contributed by atoms with van der Waals surface area (Å²) in [4.78, 5) is 0. The Balaban J connectivity index is 6.08. The molecule has 2 nitrogen and oxygen atoms in total. The van der Waals surface area contributed by atoms with Crippen LogP contribution in [-0.2, 0) is 8.85 Å². The number of allylic oxidation sites excluding steroid dienone is 1. The van der Waals surface area contributed by atoms with E-state index < -0.39 is 24.7 Å². The number of hydrogen-bond donors (Lipinski definition) is 0. The molecule has 0 aliphatic carbocycles. The molecule has 0 saturated carbocycles. The van der Waals surface area contributed by atoms with Gasteiger partial charge in [0.1, 0.15) is 14.2 Å². The van der Waals surface area contributed by atoms with Gasteiger partial charge in [-0.15, -0.1) is 12.1 Å². The smallest absolute Gasteiger partial charge is 0.193 e. The Morgan fingerprint density at radius 1 is 0.821 bits per heavy atom. The van der Waals surface area contributed by atoms with Gasteiger partial charge < -0.3 is 8.85 Å². The molecule has 0 bridgehead atoms. The Labute approximate surface area is 180 Å². The van der Waals surface area contributed by atoms with E-state index in [0.717, 1.165) is 12.8 Å². The molecule has 0 rings (SSSR count). The molecule has 0 N–H and O–H groups in total. The van der Waals surface area contributed by atoms with Crippen molar-refractivity contribution in [1.82, 2.24) is 0 Å². The van der Waals surface area contributed by atoms with Gasteiger partial charge in [0.2, 0.25) is 0 Å². The summed E-state index contributed by atoms with van der Waals surface area (Å²) >= 11 is 0. The topological polar surface area (TPSA) is 18.5 Å². The van der Waals surface area contributed by atoms with Crippen LogP contribution in [0.1, 0.15) is 54.4 Å². The molecule has 0 radical (unpaired) electrons. The van der Waals surface area contributed by atoms with Crippen LogP contribution in [0.2, 0.25) is 55.9 Å². The molecular weight excluding hydrogens is 393 g/mol. The highest BCUT2D eigenvalue weighted by Gasteiger charge is 2.44. The maximum absolute atomic E-state index is 6.89. The molecule has 0 aliphatic heterocycles. The van der Waals surface area contributed by atoms with Crippen LogP contribution in [-0.4, -0.2) is 36.9 Å². The van der Waals surface area contributed by atoms with Gasteiger partial charge in [-0.2, -0.15) is 0 Å². The molecule has 2 atom stereocenters. The van der Waals surface area contributed by atoms with E-state index in [-0.39, 0.29) is 22.3 Å². The fraction of sp³-hybridized carbons (Fsp3) is 0.826. The van der Waals surface area contributed by atoms with Gasteiger partial charge in [0.25, 0.3) is 0 Å². The van der Waals surface area contributed by atoms with Gasteiger partial charge in [0.15, 0.2) is 16.6 Å². The minimum absolute atomic E-state index is 0.00290. The van der Waals surface area contributed by atoms with Crippen molar-refractivity contribution in [3.05, 3.63) is 12.7 Å². The first-order valence-corrected chi connectivity index (χ1v) is 20.0. The van der Waals surface area contributed by atoms with Gasteiger partial charge in [-0.1, -0.05) is 73.2 Å². The maximum atomic E-state index is 6.89. The van der Waals surface area contributed by atoms with Crippen molar-refractivity contribution in [2.45, 2.75) is 122 Å². The fourth-order valence-corrected chi connectivity index (χ4v) is 5.22. The summed E-state index contributed by atoms with van der Waals surface area (Å²) in [7, 11) is -5.40. The largest absolute Gasteiger partial charge is 0.410 e. The summed E-state index contributed by atoms with van der Waals surface area (Å²) in [5.74, 6) is 3.56. The van der Waals surface area contributed by atoms with Crippen LogP contribution in [0, 0.1) is 11.5 Å². The molecule has 0 fully saturated rings. The van der Waals surface area contributed by atoms with Crippen molar-refractivity contribution in [3.8, 4) is 11.5 Å². The summed E-state index contributed by atoms with van der Waals surface area (Å²) in [6.45, 7) is 33.8. The molecular formula is C23H48O2Si3. The molecule has 28 heavy (non-hydrogen) atoms. The van der Waals surface area contributed by atoms with Gasteiger partial charge in [0.05, 0.1) is 6.10 Å². The highest BCUT2D eigenvalue weighted by Crippen LogP contribution is 2.41. The number of rotatable bonds is 8. The second-order valence-electron chi connectivity index (χ2n) is 12.1. The molecule has 0 aliphatic rings. The highest BCUT2D eigenvalue weighted by atomic mass is 28.4. The second kappa shape index (κ2) is 9.79. The summed E-state index contributed by atoms with van der Waals surface area (Å²) < 4.78 is 13.8. The van der Waals surface area contributed by atoms with E-state index in [1.807, 2.05) is 6.08 Å². The average Bonchev–Trinajstić information content (AvgIpc) is 2.44. The summed E-state index contributed by atoms with van der Waals surface area (Å²) in [5.41, 5.74) is 3.57. The lowest BCUT2D eigenvalue weighted by Gasteiger charge is -2.44. The Bertz CT molecular complexity index is 564. The first-order valence-electron chi connectivity index (χ1n) is 10.7. The fourth-order valence-electron chi connectivity index (χ4n) is 2.09. The van der Waals surface area contributed by atoms with E-state index in [9.17, 15) is 0 Å². The van der Waals surface area contributed by atoms with Crippen molar-refractivity contribution in [3.63, 3.8) is 0 Å². The lowest BCUT2D eigenvalue weighted by atomic mass is 10.1. The van der Waals surface area contributed by atoms with E-state index in [4.69, 9.17) is 8.85 Å². The third-order valence-corrected chi connectivity index (χ3v) is 15.9. The van der Waals surface area contributed by atoms with Crippen molar-refractivity contribution < 1.29 is 8.85 Å². The lowest BCUT2D eigenvalue weighted by Crippen LogP contribution is -2.51. The van der Waals surface area contributed by atoms with Gasteiger partial charge >= 0.3 is 0 Å². The molecule has 0 unspecified atom stereocenters. The van der Waals surface area contributed by atoms with Gasteiger partial charge in [-0.05, 0) is 49.1 Å². The average molecular weight is 441 g/mol. The lowest BCUT2D eigenvalue weighted by molar-refractivity contribution is 0.0636. The number of hydrogen-bond acceptors (Lipinski definition) is 2. The zero-order valence-corrected chi connectivity index (χ0v) is 24.2. The van der Waals surface area contributed by atoms with Crippen LogP contribution in [0.4, 0.5) is 0 Å². The van der Waals surface area contributed by atoms with Crippen LogP contribution in [0.5, 0.6) is 0 Å². The first-order chi connectivity index (χ1) is 12.2. The predicted molar refractivity (Wildman–Crippen MR) is 135 cm³/mol. The van der Waals surface area contributed by atoms with Crippen molar-refractivity contribution in [2.24, 2.45) is 0 Å². The highest BCUT2D eigenvalue weighted by molar-refractivity contribution is 6.83. The van der Waals surface area contributed by atoms with Gasteiger partial charge in [-0.3, -0.25) is 0 Å². The summed E-state index contributed by atoms with van der Waals surface area (Å²) in [5, 5.41) is 0.305. The van der Waals surface area contributed by atoms with Gasteiger partial charge in [0, 0.05) is 0 Å². The van der Waals surface area contributed by atoms with E-state index >= 15 is 0 Å². The SMILES string of the molecule is C=CCC[C@H](O[Si](C)(C)C(C)(C)C)[C@H](C#C[Si](C)(C)C)O[Si](C)(C)C(C)(C)C. The van der Waals surface area contributed by atoms with Crippen LogP contribution in [0.3, 0.4) is 0 Å². The molecule has 0 aromatic rings. The monoisotopic (exact) mass is 440 g/mol. The Hall–Kier alpha value is -0.129. The molecule has 5 heteroatoms. The summed E-state index contributed by atoms with van der Waals surface area (Å²) in [6.07, 6.45) is 3.65. The summed E-state index contributed by atoms with van der Waals surface area (Å²) in [6, 6.07) is 0. The standard InChI is InChI=1S/C23H48O2Si3/c1-15-16-17-20(24-27(11,12)22(2,3)4)21(18-19-26(8,9)10)25-28(13,14)23(5,6)7/h15,20-21H,1,16-17H2,2-14H3/t20-,21-/m0/s1. The molecule has 164 valence electrons. The quantitative estimate of drug-likeness (QED) is 0.219. The van der Waals surface area contributed by atoms with Crippen LogP contribution < -0.4 is 0 Å². The molecule has 0 saturated heterocycles. The molecule has 0 spiro atoms.